The Morgan fingerprint density at radius 2 is 1.83 bits per heavy atom. The minimum absolute atomic E-state index is 0.0519. The summed E-state index contributed by atoms with van der Waals surface area (Å²) in [5.41, 5.74) is 0.684. The van der Waals surface area contributed by atoms with Gasteiger partial charge in [0.1, 0.15) is 11.9 Å². The Bertz CT molecular complexity index is 397. The molecule has 0 radical (unpaired) electrons. The molecule has 0 spiro atoms. The number of hydrogen-bond donors (Lipinski definition) is 1. The van der Waals surface area contributed by atoms with Gasteiger partial charge in [-0.3, -0.25) is 4.79 Å². The van der Waals surface area contributed by atoms with Crippen molar-refractivity contribution in [2.45, 2.75) is 51.2 Å². The highest BCUT2D eigenvalue weighted by molar-refractivity contribution is 5.94. The van der Waals surface area contributed by atoms with Crippen molar-refractivity contribution in [3.63, 3.8) is 0 Å². The summed E-state index contributed by atoms with van der Waals surface area (Å²) in [5, 5.41) is 9.97. The Labute approximate surface area is 108 Å². The maximum atomic E-state index is 11.2. The lowest BCUT2D eigenvalue weighted by Gasteiger charge is -2.22. The van der Waals surface area contributed by atoms with Crippen LogP contribution in [0.3, 0.4) is 0 Å². The van der Waals surface area contributed by atoms with Crippen LogP contribution >= 0.6 is 0 Å². The van der Waals surface area contributed by atoms with Gasteiger partial charge in [0, 0.05) is 5.56 Å². The van der Waals surface area contributed by atoms with E-state index < -0.39 is 0 Å². The standard InChI is InChI=1S/C15H20O3/c1-11(16)12-7-9-13(10-8-12)18-15-6-4-2-3-5-14(15)17/h7-10,14-15,17H,2-6H2,1H3. The number of benzene rings is 1. The van der Waals surface area contributed by atoms with Gasteiger partial charge in [-0.2, -0.15) is 0 Å². The number of aliphatic hydroxyl groups is 1. The van der Waals surface area contributed by atoms with E-state index in [1.807, 2.05) is 0 Å². The van der Waals surface area contributed by atoms with Crippen LogP contribution in [0.15, 0.2) is 24.3 Å². The number of ether oxygens (including phenoxy) is 1. The number of rotatable bonds is 3. The Morgan fingerprint density at radius 3 is 2.50 bits per heavy atom. The van der Waals surface area contributed by atoms with Crippen molar-refractivity contribution in [2.75, 3.05) is 0 Å². The van der Waals surface area contributed by atoms with Crippen LogP contribution in [0, 0.1) is 0 Å². The Morgan fingerprint density at radius 1 is 1.17 bits per heavy atom. The maximum absolute atomic E-state index is 11.2. The topological polar surface area (TPSA) is 46.5 Å². The van der Waals surface area contributed by atoms with Crippen LogP contribution < -0.4 is 4.74 Å². The lowest BCUT2D eigenvalue weighted by molar-refractivity contribution is 0.0320. The van der Waals surface area contributed by atoms with Gasteiger partial charge >= 0.3 is 0 Å². The molecule has 98 valence electrons. The second-order valence-electron chi connectivity index (χ2n) is 4.94. The smallest absolute Gasteiger partial charge is 0.159 e. The van der Waals surface area contributed by atoms with E-state index in [0.717, 1.165) is 31.4 Å². The van der Waals surface area contributed by atoms with E-state index in [1.54, 1.807) is 31.2 Å². The zero-order valence-corrected chi connectivity index (χ0v) is 10.8. The van der Waals surface area contributed by atoms with Crippen molar-refractivity contribution in [3.8, 4) is 5.75 Å². The molecule has 1 aromatic rings. The monoisotopic (exact) mass is 248 g/mol. The van der Waals surface area contributed by atoms with Gasteiger partial charge in [-0.15, -0.1) is 0 Å². The van der Waals surface area contributed by atoms with Gasteiger partial charge in [0.15, 0.2) is 5.78 Å². The number of Topliss-reactive ketones (excluding diaryl/α,β-unsaturated/α-hetero) is 1. The quantitative estimate of drug-likeness (QED) is 0.660. The number of aliphatic hydroxyl groups excluding tert-OH is 1. The molecule has 0 bridgehead atoms. The minimum Gasteiger partial charge on any atom is -0.488 e. The SMILES string of the molecule is CC(=O)c1ccc(OC2CCCCCC2O)cc1. The summed E-state index contributed by atoms with van der Waals surface area (Å²) in [6.07, 6.45) is 4.57. The van der Waals surface area contributed by atoms with E-state index in [0.29, 0.717) is 5.56 Å². The van der Waals surface area contributed by atoms with Crippen LogP contribution in [0.4, 0.5) is 0 Å². The predicted molar refractivity (Wildman–Crippen MR) is 70.0 cm³/mol. The van der Waals surface area contributed by atoms with Gasteiger partial charge < -0.3 is 9.84 Å². The Balaban J connectivity index is 2.01. The molecule has 1 N–H and O–H groups in total. The summed E-state index contributed by atoms with van der Waals surface area (Å²) in [5.74, 6) is 0.780. The fraction of sp³-hybridized carbons (Fsp3) is 0.533. The van der Waals surface area contributed by atoms with Crippen molar-refractivity contribution in [2.24, 2.45) is 0 Å². The van der Waals surface area contributed by atoms with Gasteiger partial charge in [0.2, 0.25) is 0 Å². The molecule has 1 saturated carbocycles. The van der Waals surface area contributed by atoms with Crippen molar-refractivity contribution in [1.82, 2.24) is 0 Å². The lowest BCUT2D eigenvalue weighted by Crippen LogP contribution is -2.30. The highest BCUT2D eigenvalue weighted by Crippen LogP contribution is 2.23. The Kier molecular flexibility index (Phi) is 4.37. The molecule has 3 heteroatoms. The molecule has 0 aromatic heterocycles. The molecule has 18 heavy (non-hydrogen) atoms. The molecule has 1 aliphatic carbocycles. The van der Waals surface area contributed by atoms with E-state index in [4.69, 9.17) is 4.74 Å². The fourth-order valence-corrected chi connectivity index (χ4v) is 2.33. The fourth-order valence-electron chi connectivity index (χ4n) is 2.33. The third kappa shape index (κ3) is 3.33. The van der Waals surface area contributed by atoms with E-state index in [-0.39, 0.29) is 18.0 Å². The summed E-state index contributed by atoms with van der Waals surface area (Å²) in [6.45, 7) is 1.55. The molecule has 0 aliphatic heterocycles. The minimum atomic E-state index is -0.375. The van der Waals surface area contributed by atoms with E-state index >= 15 is 0 Å². The highest BCUT2D eigenvalue weighted by Gasteiger charge is 2.23. The second kappa shape index (κ2) is 6.01. The van der Waals surface area contributed by atoms with Crippen molar-refractivity contribution >= 4 is 5.78 Å². The average Bonchev–Trinajstić information content (AvgIpc) is 2.56. The maximum Gasteiger partial charge on any atom is 0.159 e. The third-order valence-electron chi connectivity index (χ3n) is 3.47. The van der Waals surface area contributed by atoms with Gasteiger partial charge in [-0.25, -0.2) is 0 Å². The third-order valence-corrected chi connectivity index (χ3v) is 3.47. The second-order valence-corrected chi connectivity index (χ2v) is 4.94. The summed E-state index contributed by atoms with van der Waals surface area (Å²) in [4.78, 5) is 11.2. The van der Waals surface area contributed by atoms with Crippen LogP contribution in [0.1, 0.15) is 49.4 Å². The molecule has 2 atom stereocenters. The molecule has 0 heterocycles. The molecule has 1 aliphatic rings. The summed E-state index contributed by atoms with van der Waals surface area (Å²) < 4.78 is 5.82. The normalized spacial score (nSPS) is 24.3. The first-order valence-electron chi connectivity index (χ1n) is 6.62. The van der Waals surface area contributed by atoms with Crippen LogP contribution in [-0.2, 0) is 0 Å². The largest absolute Gasteiger partial charge is 0.488 e. The molecular formula is C15H20O3. The molecule has 3 nitrogen and oxygen atoms in total. The molecule has 0 saturated heterocycles. The van der Waals surface area contributed by atoms with Crippen molar-refractivity contribution in [1.29, 1.82) is 0 Å². The lowest BCUT2D eigenvalue weighted by atomic mass is 10.1. The number of carbonyl (C=O) groups is 1. The molecule has 2 unspecified atom stereocenters. The molecule has 0 amide bonds. The zero-order chi connectivity index (χ0) is 13.0. The predicted octanol–water partition coefficient (Wildman–Crippen LogP) is 2.96. The number of hydrogen-bond acceptors (Lipinski definition) is 3. The molecule has 1 aromatic carbocycles. The van der Waals surface area contributed by atoms with E-state index in [9.17, 15) is 9.90 Å². The number of ketones is 1. The van der Waals surface area contributed by atoms with Gasteiger partial charge in [-0.1, -0.05) is 12.8 Å². The average molecular weight is 248 g/mol. The molecular weight excluding hydrogens is 228 g/mol. The summed E-state index contributed by atoms with van der Waals surface area (Å²) in [7, 11) is 0. The van der Waals surface area contributed by atoms with Gasteiger partial charge in [0.05, 0.1) is 6.10 Å². The van der Waals surface area contributed by atoms with Gasteiger partial charge in [-0.05, 0) is 50.5 Å². The van der Waals surface area contributed by atoms with Crippen molar-refractivity contribution in [3.05, 3.63) is 29.8 Å². The zero-order valence-electron chi connectivity index (χ0n) is 10.8. The van der Waals surface area contributed by atoms with Crippen LogP contribution in [-0.4, -0.2) is 23.1 Å². The Hall–Kier alpha value is -1.35. The van der Waals surface area contributed by atoms with E-state index in [2.05, 4.69) is 0 Å². The first-order valence-corrected chi connectivity index (χ1v) is 6.62. The molecule has 1 fully saturated rings. The first kappa shape index (κ1) is 13.1. The number of carbonyl (C=O) groups excluding carboxylic acids is 1. The van der Waals surface area contributed by atoms with Crippen LogP contribution in [0.25, 0.3) is 0 Å². The summed E-state index contributed by atoms with van der Waals surface area (Å²) >= 11 is 0. The summed E-state index contributed by atoms with van der Waals surface area (Å²) in [6, 6.07) is 7.13. The first-order chi connectivity index (χ1) is 8.66. The van der Waals surface area contributed by atoms with Crippen LogP contribution in [0.5, 0.6) is 5.75 Å². The van der Waals surface area contributed by atoms with Crippen LogP contribution in [0.2, 0.25) is 0 Å². The van der Waals surface area contributed by atoms with Crippen molar-refractivity contribution < 1.29 is 14.6 Å². The van der Waals surface area contributed by atoms with E-state index in [1.165, 1.54) is 6.42 Å². The van der Waals surface area contributed by atoms with Gasteiger partial charge in [0.25, 0.3) is 0 Å². The molecule has 2 rings (SSSR count). The highest BCUT2D eigenvalue weighted by atomic mass is 16.5.